The van der Waals surface area contributed by atoms with Crippen LogP contribution in [0.2, 0.25) is 0 Å². The molecule has 350 valence electrons. The average Bonchev–Trinajstić information content (AvgIpc) is 3.90. The van der Waals surface area contributed by atoms with Crippen LogP contribution >= 0.6 is 44.3 Å². The van der Waals surface area contributed by atoms with E-state index >= 15 is 0 Å². The molecule has 64 heavy (non-hydrogen) atoms. The van der Waals surface area contributed by atoms with Gasteiger partial charge in [0.1, 0.15) is 56.8 Å². The van der Waals surface area contributed by atoms with Crippen LogP contribution in [0.25, 0.3) is 0 Å². The Morgan fingerprint density at radius 1 is 0.656 bits per heavy atom. The molecule has 22 heteroatoms. The van der Waals surface area contributed by atoms with E-state index in [-0.39, 0.29) is 49.2 Å². The number of amides is 6. The fourth-order valence-corrected chi connectivity index (χ4v) is 9.30. The van der Waals surface area contributed by atoms with Crippen molar-refractivity contribution in [3.05, 3.63) is 56.5 Å². The number of cyclic esters (lactones) is 2. The number of hydrogen-bond donors (Lipinski definition) is 6. The van der Waals surface area contributed by atoms with Gasteiger partial charge in [-0.15, -0.1) is 22.7 Å². The van der Waals surface area contributed by atoms with Crippen LogP contribution in [0.1, 0.15) is 112 Å². The number of nitrogens with zero attached hydrogens (tertiary/aromatic N) is 2. The van der Waals surface area contributed by atoms with Gasteiger partial charge in [0.2, 0.25) is 23.6 Å². The summed E-state index contributed by atoms with van der Waals surface area (Å²) in [6.07, 6.45) is 5.99. The van der Waals surface area contributed by atoms with Crippen molar-refractivity contribution in [1.82, 2.24) is 41.9 Å². The highest BCUT2D eigenvalue weighted by Gasteiger charge is 2.38. The number of thiazole rings is 2. The largest absolute Gasteiger partial charge is 0.456 e. The molecule has 0 saturated heterocycles. The van der Waals surface area contributed by atoms with E-state index in [0.717, 1.165) is 0 Å². The summed E-state index contributed by atoms with van der Waals surface area (Å²) in [5.41, 5.74) is -2.53. The van der Waals surface area contributed by atoms with Crippen LogP contribution in [0.15, 0.2) is 35.1 Å². The zero-order chi connectivity index (χ0) is 47.2. The number of allylic oxidation sites excluding steroid dienone is 2. The zero-order valence-electron chi connectivity index (χ0n) is 37.2. The van der Waals surface area contributed by atoms with Gasteiger partial charge in [0.15, 0.2) is 0 Å². The minimum Gasteiger partial charge on any atom is -0.456 e. The highest BCUT2D eigenvalue weighted by Crippen LogP contribution is 2.24. The summed E-state index contributed by atoms with van der Waals surface area (Å²) in [6, 6.07) is -2.10. The molecule has 2 aliphatic heterocycles. The highest BCUT2D eigenvalue weighted by atomic mass is 33.1. The van der Waals surface area contributed by atoms with E-state index < -0.39 is 82.8 Å². The van der Waals surface area contributed by atoms with Gasteiger partial charge in [-0.05, 0) is 64.5 Å². The molecule has 6 amide bonds. The Morgan fingerprint density at radius 3 is 1.39 bits per heavy atom. The monoisotopic (exact) mass is 962 g/mol. The van der Waals surface area contributed by atoms with Gasteiger partial charge in [-0.1, -0.05) is 61.4 Å². The number of ether oxygens (including phenoxy) is 2. The number of rotatable bonds is 11. The molecule has 2 aliphatic rings. The molecule has 0 aliphatic carbocycles. The minimum atomic E-state index is -1.38. The molecule has 18 nitrogen and oxygen atoms in total. The number of nitrogens with one attached hydrogen (secondary N) is 6. The second kappa shape index (κ2) is 23.9. The Hall–Kier alpha value is -4.80. The van der Waals surface area contributed by atoms with Gasteiger partial charge in [-0.3, -0.25) is 28.8 Å². The van der Waals surface area contributed by atoms with Gasteiger partial charge in [0, 0.05) is 22.3 Å². The van der Waals surface area contributed by atoms with Crippen molar-refractivity contribution in [3.63, 3.8) is 0 Å². The molecular formula is C42H58N8O10S4. The molecule has 0 spiro atoms. The predicted octanol–water partition coefficient (Wildman–Crippen LogP) is 3.74. The van der Waals surface area contributed by atoms with Crippen LogP contribution in [-0.2, 0) is 51.3 Å². The smallest absolute Gasteiger partial charge is 0.329 e. The summed E-state index contributed by atoms with van der Waals surface area (Å²) in [5.74, 6) is -3.86. The van der Waals surface area contributed by atoms with Gasteiger partial charge in [0.25, 0.3) is 11.8 Å². The number of aromatic nitrogens is 2. The number of carbonyl (C=O) groups is 8. The lowest BCUT2D eigenvalue weighted by atomic mass is 9.99. The van der Waals surface area contributed by atoms with E-state index in [9.17, 15) is 38.4 Å². The molecule has 0 saturated carbocycles. The van der Waals surface area contributed by atoms with Crippen molar-refractivity contribution in [2.24, 2.45) is 11.8 Å². The summed E-state index contributed by atoms with van der Waals surface area (Å²) in [4.78, 5) is 114. The van der Waals surface area contributed by atoms with Crippen LogP contribution in [-0.4, -0.2) is 104 Å². The molecular weight excluding hydrogens is 905 g/mol. The van der Waals surface area contributed by atoms with Crippen LogP contribution in [0.4, 0.5) is 0 Å². The maximum atomic E-state index is 13.4. The molecule has 4 rings (SSSR count). The van der Waals surface area contributed by atoms with Gasteiger partial charge < -0.3 is 41.4 Å². The summed E-state index contributed by atoms with van der Waals surface area (Å²) < 4.78 is 11.6. The van der Waals surface area contributed by atoms with Gasteiger partial charge in [0.05, 0.1) is 25.9 Å². The molecule has 0 aromatic carbocycles. The topological polar surface area (TPSA) is 253 Å². The SMILES string of the molecule is CC(C)[C@@H]1NC(=O)C(C)(C)NC(=O)c2csc(n2)CNC(=O)C[C@@H](C=CCCSSCCC=C[C@H]2CC(=O)NCc3nc(cs3)C(=O)NC(C)(C)C(=O)N[C@H](C(C)C)C(=O)O2)OC1=O. The zero-order valence-corrected chi connectivity index (χ0v) is 40.5. The van der Waals surface area contributed by atoms with Gasteiger partial charge in [-0.25, -0.2) is 19.6 Å². The molecule has 4 heterocycles. The molecule has 4 bridgehead atoms. The number of hydrogen-bond acceptors (Lipinski definition) is 16. The van der Waals surface area contributed by atoms with Crippen LogP contribution in [0.5, 0.6) is 0 Å². The van der Waals surface area contributed by atoms with E-state index in [1.54, 1.807) is 72.2 Å². The van der Waals surface area contributed by atoms with E-state index in [2.05, 4.69) is 41.9 Å². The van der Waals surface area contributed by atoms with Crippen molar-refractivity contribution in [1.29, 1.82) is 0 Å². The first-order chi connectivity index (χ1) is 30.1. The van der Waals surface area contributed by atoms with Crippen molar-refractivity contribution < 1.29 is 47.8 Å². The third-order valence-corrected chi connectivity index (χ3v) is 13.8. The Balaban J connectivity index is 1.33. The van der Waals surface area contributed by atoms with Crippen molar-refractivity contribution in [2.45, 2.75) is 130 Å². The standard InChI is InChI=1S/C42H58N8O10S4/c1-23(2)33-37(55)59-25(17-29(51)43-19-31-45-27(21-61-31)35(53)49-41(5,6)39(57)47-33)13-9-11-15-63-64-16-12-10-14-26-18-30(52)44-20-32-46-28(22-62-32)36(54)50-42(7,8)40(58)48-34(24(3)4)38(56)60-26/h9-10,13-14,21-26,33-34H,11-12,15-20H2,1-8H3,(H,43,51)(H,44,52)(H,47,57)(H,48,58)(H,49,53)(H,50,54)/t25-,26+,33+,34-. The fourth-order valence-electron chi connectivity index (χ4n) is 5.89. The average molecular weight is 963 g/mol. The molecule has 0 fully saturated rings. The number of fused-ring (bicyclic) bond motifs is 4. The third-order valence-electron chi connectivity index (χ3n) is 9.67. The highest BCUT2D eigenvalue weighted by molar-refractivity contribution is 8.76. The summed E-state index contributed by atoms with van der Waals surface area (Å²) in [7, 11) is 3.22. The molecule has 0 radical (unpaired) electrons. The Morgan fingerprint density at radius 2 is 1.03 bits per heavy atom. The van der Waals surface area contributed by atoms with E-state index in [1.807, 2.05) is 12.2 Å². The van der Waals surface area contributed by atoms with Crippen molar-refractivity contribution >= 4 is 91.6 Å². The van der Waals surface area contributed by atoms with Crippen molar-refractivity contribution in [3.8, 4) is 0 Å². The van der Waals surface area contributed by atoms with Crippen molar-refractivity contribution in [2.75, 3.05) is 11.5 Å². The lowest BCUT2D eigenvalue weighted by Gasteiger charge is -2.29. The predicted molar refractivity (Wildman–Crippen MR) is 246 cm³/mol. The third kappa shape index (κ3) is 16.0. The lowest BCUT2D eigenvalue weighted by molar-refractivity contribution is -0.154. The van der Waals surface area contributed by atoms with E-state index in [0.29, 0.717) is 34.4 Å². The second-order valence-corrected chi connectivity index (χ2v) is 21.4. The van der Waals surface area contributed by atoms with E-state index in [4.69, 9.17) is 9.47 Å². The van der Waals surface area contributed by atoms with Crippen LogP contribution in [0, 0.1) is 11.8 Å². The molecule has 2 aromatic heterocycles. The molecule has 0 unspecified atom stereocenters. The molecule has 2 aromatic rings. The minimum absolute atomic E-state index is 0.0676. The summed E-state index contributed by atoms with van der Waals surface area (Å²) >= 11 is 2.38. The van der Waals surface area contributed by atoms with Crippen LogP contribution in [0.3, 0.4) is 0 Å². The fraction of sp³-hybridized carbons (Fsp3) is 0.571. The Bertz CT molecular complexity index is 1940. The summed E-state index contributed by atoms with van der Waals surface area (Å²) in [6.45, 7) is 13.2. The first-order valence-corrected chi connectivity index (χ1v) is 25.1. The first kappa shape index (κ1) is 51.8. The second-order valence-electron chi connectivity index (χ2n) is 16.8. The van der Waals surface area contributed by atoms with Gasteiger partial charge in [-0.2, -0.15) is 0 Å². The maximum absolute atomic E-state index is 13.4. The quantitative estimate of drug-likeness (QED) is 0.0813. The maximum Gasteiger partial charge on any atom is 0.329 e. The Kier molecular flexibility index (Phi) is 19.4. The van der Waals surface area contributed by atoms with Crippen LogP contribution < -0.4 is 31.9 Å². The first-order valence-electron chi connectivity index (χ1n) is 20.8. The molecule has 6 N–H and O–H groups in total. The van der Waals surface area contributed by atoms with E-state index in [1.165, 1.54) is 50.4 Å². The molecule has 4 atom stereocenters. The number of esters is 2. The van der Waals surface area contributed by atoms with Gasteiger partial charge >= 0.3 is 11.9 Å². The summed E-state index contributed by atoms with van der Waals surface area (Å²) in [5, 5.41) is 20.3. The lowest BCUT2D eigenvalue weighted by Crippen LogP contribution is -2.59. The number of carbonyl (C=O) groups excluding carboxylic acids is 8. The normalized spacial score (nSPS) is 23.2. The Labute approximate surface area is 388 Å².